The average molecular weight is 315 g/mol. The van der Waals surface area contributed by atoms with E-state index in [0.29, 0.717) is 10.9 Å². The minimum Gasteiger partial charge on any atom is -0.595 e. The number of thiocarbonyl (C=S) groups is 1. The van der Waals surface area contributed by atoms with Crippen LogP contribution in [0.5, 0.6) is 0 Å². The molecule has 0 aromatic rings. The van der Waals surface area contributed by atoms with Crippen LogP contribution < -0.4 is 56.5 Å². The summed E-state index contributed by atoms with van der Waals surface area (Å²) in [7, 11) is 0. The van der Waals surface area contributed by atoms with E-state index in [9.17, 15) is 5.11 Å². The standard InChI is InChI=1S/C11H20N2O2S2.K/c1-11(2,3)15-9(14)12-8-5-4-6-13(7-8)10(16)17;/h8H,4-7H2,1-3H3,(H,12,14)(H,16,17);/q;+1/p-1. The number of rotatable bonds is 1. The van der Waals surface area contributed by atoms with Crippen molar-refractivity contribution in [3.05, 3.63) is 0 Å². The molecule has 1 unspecified atom stereocenters. The smallest absolute Gasteiger partial charge is 0.595 e. The SMILES string of the molecule is CC(C)(C)OC([O-])=NC1CCCN(C(=S)S)C1.[K+]. The average Bonchev–Trinajstić information content (AvgIpc) is 2.14. The summed E-state index contributed by atoms with van der Waals surface area (Å²) in [5.74, 6) is 0. The Bertz CT molecular complexity index is 319. The molecule has 0 spiro atoms. The summed E-state index contributed by atoms with van der Waals surface area (Å²) in [6.07, 6.45) is 1.37. The van der Waals surface area contributed by atoms with Crippen LogP contribution in [-0.4, -0.2) is 40.0 Å². The zero-order valence-electron chi connectivity index (χ0n) is 11.5. The summed E-state index contributed by atoms with van der Waals surface area (Å²) in [5.41, 5.74) is -0.492. The van der Waals surface area contributed by atoms with Crippen LogP contribution in [0.1, 0.15) is 33.6 Å². The zero-order chi connectivity index (χ0) is 13.1. The Balaban J connectivity index is 0.00000289. The molecule has 1 aliphatic heterocycles. The van der Waals surface area contributed by atoms with Crippen LogP contribution in [0.25, 0.3) is 0 Å². The van der Waals surface area contributed by atoms with Crippen molar-refractivity contribution in [1.82, 2.24) is 4.90 Å². The van der Waals surface area contributed by atoms with Gasteiger partial charge in [-0.05, 0) is 12.8 Å². The van der Waals surface area contributed by atoms with Gasteiger partial charge in [0.25, 0.3) is 0 Å². The summed E-state index contributed by atoms with van der Waals surface area (Å²) in [6.45, 7) is 7.04. The van der Waals surface area contributed by atoms with E-state index in [1.54, 1.807) is 0 Å². The van der Waals surface area contributed by atoms with Gasteiger partial charge in [-0.2, -0.15) is 0 Å². The zero-order valence-corrected chi connectivity index (χ0v) is 16.3. The molecule has 0 aromatic heterocycles. The van der Waals surface area contributed by atoms with Crippen molar-refractivity contribution in [1.29, 1.82) is 0 Å². The van der Waals surface area contributed by atoms with Crippen molar-refractivity contribution < 1.29 is 61.2 Å². The molecule has 0 N–H and O–H groups in total. The Hall–Kier alpha value is 1.15. The fourth-order valence-corrected chi connectivity index (χ4v) is 2.02. The van der Waals surface area contributed by atoms with Crippen LogP contribution in [0.3, 0.4) is 0 Å². The summed E-state index contributed by atoms with van der Waals surface area (Å²) in [4.78, 5) is 6.02. The molecule has 0 amide bonds. The van der Waals surface area contributed by atoms with Crippen molar-refractivity contribution >= 4 is 35.3 Å². The third kappa shape index (κ3) is 7.67. The maximum atomic E-state index is 11.5. The maximum absolute atomic E-state index is 11.5. The van der Waals surface area contributed by atoms with E-state index < -0.39 is 11.7 Å². The first-order valence-corrected chi connectivity index (χ1v) is 6.55. The first kappa shape index (κ1) is 19.1. The van der Waals surface area contributed by atoms with Crippen LogP contribution in [0.4, 0.5) is 0 Å². The van der Waals surface area contributed by atoms with Gasteiger partial charge in [0, 0.05) is 18.7 Å². The molecule has 18 heavy (non-hydrogen) atoms. The van der Waals surface area contributed by atoms with Crippen molar-refractivity contribution in [2.45, 2.75) is 45.3 Å². The first-order chi connectivity index (χ1) is 7.78. The molecule has 0 aromatic carbocycles. The van der Waals surface area contributed by atoms with E-state index >= 15 is 0 Å². The molecular weight excluding hydrogens is 295 g/mol. The molecule has 1 aliphatic rings. The molecule has 7 heteroatoms. The topological polar surface area (TPSA) is 47.9 Å². The second-order valence-electron chi connectivity index (χ2n) is 5.13. The van der Waals surface area contributed by atoms with E-state index in [4.69, 9.17) is 17.0 Å². The number of ether oxygens (including phenoxy) is 1. The molecule has 1 atom stereocenters. The minimum atomic E-state index is -0.492. The summed E-state index contributed by atoms with van der Waals surface area (Å²) < 4.78 is 5.72. The quantitative estimate of drug-likeness (QED) is 0.204. The molecule has 98 valence electrons. The van der Waals surface area contributed by atoms with E-state index in [2.05, 4.69) is 17.6 Å². The third-order valence-corrected chi connectivity index (χ3v) is 2.89. The Morgan fingerprint density at radius 3 is 2.61 bits per heavy atom. The van der Waals surface area contributed by atoms with E-state index in [1.807, 2.05) is 25.7 Å². The van der Waals surface area contributed by atoms with Crippen LogP contribution in [-0.2, 0) is 4.74 Å². The molecular formula is C11H19KN2O2S2. The van der Waals surface area contributed by atoms with Crippen molar-refractivity contribution in [3.63, 3.8) is 0 Å². The Kier molecular flexibility index (Phi) is 8.97. The minimum absolute atomic E-state index is 0. The molecule has 1 saturated heterocycles. The summed E-state index contributed by atoms with van der Waals surface area (Å²) in [6, 6.07) is -0.0382. The molecule has 1 heterocycles. The number of nitrogens with zero attached hydrogens (tertiary/aromatic N) is 2. The predicted octanol–water partition coefficient (Wildman–Crippen LogP) is -1.80. The maximum Gasteiger partial charge on any atom is 1.00 e. The normalized spacial score (nSPS) is 21.2. The van der Waals surface area contributed by atoms with Gasteiger partial charge in [0.05, 0.1) is 6.04 Å². The Morgan fingerprint density at radius 1 is 1.50 bits per heavy atom. The number of hydrogen-bond donors (Lipinski definition) is 1. The fourth-order valence-electron chi connectivity index (χ4n) is 1.67. The first-order valence-electron chi connectivity index (χ1n) is 5.69. The molecule has 0 aliphatic carbocycles. The van der Waals surface area contributed by atoms with Gasteiger partial charge in [-0.15, -0.1) is 12.6 Å². The molecule has 4 nitrogen and oxygen atoms in total. The van der Waals surface area contributed by atoms with Gasteiger partial charge in [-0.3, -0.25) is 4.99 Å². The largest absolute Gasteiger partial charge is 1.00 e. The third-order valence-electron chi connectivity index (χ3n) is 2.35. The van der Waals surface area contributed by atoms with Crippen LogP contribution >= 0.6 is 24.8 Å². The van der Waals surface area contributed by atoms with Gasteiger partial charge in [-0.1, -0.05) is 33.0 Å². The molecule has 1 rings (SSSR count). The van der Waals surface area contributed by atoms with E-state index in [-0.39, 0.29) is 57.4 Å². The molecule has 0 radical (unpaired) electrons. The van der Waals surface area contributed by atoms with Gasteiger partial charge >= 0.3 is 51.4 Å². The summed E-state index contributed by atoms with van der Waals surface area (Å²) in [5, 5.41) is 11.5. The van der Waals surface area contributed by atoms with E-state index in [0.717, 1.165) is 19.4 Å². The number of likely N-dealkylation sites (tertiary alicyclic amines) is 1. The number of aliphatic imine (C=N–C) groups is 1. The van der Waals surface area contributed by atoms with E-state index in [1.165, 1.54) is 0 Å². The second kappa shape index (κ2) is 8.44. The van der Waals surface area contributed by atoms with Gasteiger partial charge < -0.3 is 14.7 Å². The Morgan fingerprint density at radius 2 is 2.11 bits per heavy atom. The van der Waals surface area contributed by atoms with Gasteiger partial charge in [-0.25, -0.2) is 0 Å². The molecule has 0 bridgehead atoms. The van der Waals surface area contributed by atoms with Crippen LogP contribution in [0, 0.1) is 0 Å². The fraction of sp³-hybridized carbons (Fsp3) is 0.818. The van der Waals surface area contributed by atoms with Crippen LogP contribution in [0.15, 0.2) is 4.99 Å². The number of hydrogen-bond acceptors (Lipinski definition) is 4. The van der Waals surface area contributed by atoms with Crippen molar-refractivity contribution in [2.24, 2.45) is 4.99 Å². The van der Waals surface area contributed by atoms with Crippen molar-refractivity contribution in [2.75, 3.05) is 13.1 Å². The molecule has 0 saturated carbocycles. The van der Waals surface area contributed by atoms with Gasteiger partial charge in [0.1, 0.15) is 10.4 Å². The number of thiol groups is 1. The van der Waals surface area contributed by atoms with Crippen LogP contribution in [0.2, 0.25) is 0 Å². The van der Waals surface area contributed by atoms with Gasteiger partial charge in [0.15, 0.2) is 0 Å². The predicted molar refractivity (Wildman–Crippen MR) is 74.5 cm³/mol. The number of piperidine rings is 1. The van der Waals surface area contributed by atoms with Crippen molar-refractivity contribution in [3.8, 4) is 0 Å². The Labute approximate surface area is 162 Å². The second-order valence-corrected chi connectivity index (χ2v) is 6.25. The monoisotopic (exact) mass is 314 g/mol. The summed E-state index contributed by atoms with van der Waals surface area (Å²) >= 11 is 9.14. The van der Waals surface area contributed by atoms with Gasteiger partial charge in [0.2, 0.25) is 0 Å². The molecule has 1 fully saturated rings.